The lowest BCUT2D eigenvalue weighted by Gasteiger charge is -2.48. The van der Waals surface area contributed by atoms with Gasteiger partial charge in [0, 0.05) is 29.4 Å². The van der Waals surface area contributed by atoms with Crippen LogP contribution in [0.15, 0.2) is 18.3 Å². The van der Waals surface area contributed by atoms with Gasteiger partial charge in [-0.25, -0.2) is 9.78 Å². The molecule has 1 aromatic rings. The number of pyridine rings is 1. The van der Waals surface area contributed by atoms with E-state index in [2.05, 4.69) is 10.3 Å². The minimum Gasteiger partial charge on any atom is -0.465 e. The summed E-state index contributed by atoms with van der Waals surface area (Å²) in [6.45, 7) is 9.24. The Balaban J connectivity index is 2.00. The van der Waals surface area contributed by atoms with Gasteiger partial charge in [0.15, 0.2) is 0 Å². The van der Waals surface area contributed by atoms with Gasteiger partial charge in [-0.1, -0.05) is 17.7 Å². The molecule has 1 fully saturated rings. The molecule has 7 heteroatoms. The fourth-order valence-corrected chi connectivity index (χ4v) is 3.60. The average Bonchev–Trinajstić information content (AvgIpc) is 2.43. The molecule has 25 heavy (non-hydrogen) atoms. The van der Waals surface area contributed by atoms with E-state index in [1.165, 1.54) is 4.90 Å². The molecule has 0 atom stereocenters. The smallest absolute Gasteiger partial charge is 0.407 e. The third-order valence-electron chi connectivity index (χ3n) is 4.74. The second-order valence-electron chi connectivity index (χ2n) is 8.09. The molecule has 1 aromatic heterocycles. The summed E-state index contributed by atoms with van der Waals surface area (Å²) >= 11 is 6.12. The fraction of sp³-hybridized carbons (Fsp3) is 0.611. The van der Waals surface area contributed by atoms with Crippen LogP contribution in [0.1, 0.15) is 53.0 Å². The van der Waals surface area contributed by atoms with E-state index < -0.39 is 17.0 Å². The number of halogens is 1. The summed E-state index contributed by atoms with van der Waals surface area (Å²) in [5.41, 5.74) is -0.604. The summed E-state index contributed by atoms with van der Waals surface area (Å²) in [4.78, 5) is 29.7. The molecule has 0 aromatic carbocycles. The number of aromatic nitrogens is 1. The molecule has 1 saturated carbocycles. The normalized spacial score (nSPS) is 20.6. The van der Waals surface area contributed by atoms with Gasteiger partial charge in [0.25, 0.3) is 0 Å². The Morgan fingerprint density at radius 1 is 1.28 bits per heavy atom. The Hall–Kier alpha value is -1.82. The molecular weight excluding hydrogens is 342 g/mol. The predicted octanol–water partition coefficient (Wildman–Crippen LogP) is 3.44. The monoisotopic (exact) mass is 367 g/mol. The number of amides is 2. The van der Waals surface area contributed by atoms with Crippen LogP contribution in [0.4, 0.5) is 4.79 Å². The Morgan fingerprint density at radius 2 is 1.88 bits per heavy atom. The molecule has 2 N–H and O–H groups in total. The van der Waals surface area contributed by atoms with Crippen molar-refractivity contribution in [3.63, 3.8) is 0 Å². The van der Waals surface area contributed by atoms with E-state index in [4.69, 9.17) is 11.6 Å². The van der Waals surface area contributed by atoms with Gasteiger partial charge in [0.2, 0.25) is 5.91 Å². The van der Waals surface area contributed by atoms with Gasteiger partial charge in [0.1, 0.15) is 5.15 Å². The Bertz CT molecular complexity index is 664. The van der Waals surface area contributed by atoms with Crippen molar-refractivity contribution in [1.82, 2.24) is 15.2 Å². The number of carboxylic acid groups (broad SMARTS) is 1. The number of rotatable bonds is 4. The first-order valence-corrected chi connectivity index (χ1v) is 8.76. The average molecular weight is 368 g/mol. The number of nitrogens with one attached hydrogen (secondary N) is 1. The summed E-state index contributed by atoms with van der Waals surface area (Å²) < 4.78 is 0. The van der Waals surface area contributed by atoms with Crippen LogP contribution < -0.4 is 5.32 Å². The molecule has 0 saturated heterocycles. The van der Waals surface area contributed by atoms with E-state index in [1.54, 1.807) is 32.2 Å². The van der Waals surface area contributed by atoms with Crippen molar-refractivity contribution in [3.8, 4) is 0 Å². The highest BCUT2D eigenvalue weighted by atomic mass is 35.5. The topological polar surface area (TPSA) is 82.5 Å². The first kappa shape index (κ1) is 19.5. The number of nitrogens with zero attached hydrogens (tertiary/aromatic N) is 2. The highest BCUT2D eigenvalue weighted by molar-refractivity contribution is 6.30. The van der Waals surface area contributed by atoms with Gasteiger partial charge in [0.05, 0.1) is 5.41 Å². The van der Waals surface area contributed by atoms with Crippen molar-refractivity contribution in [3.05, 3.63) is 29.0 Å². The summed E-state index contributed by atoms with van der Waals surface area (Å²) in [7, 11) is 0. The van der Waals surface area contributed by atoms with Crippen molar-refractivity contribution < 1.29 is 14.7 Å². The highest BCUT2D eigenvalue weighted by Gasteiger charge is 2.43. The van der Waals surface area contributed by atoms with E-state index in [1.807, 2.05) is 20.8 Å². The maximum Gasteiger partial charge on any atom is 0.407 e. The zero-order valence-corrected chi connectivity index (χ0v) is 16.1. The number of hydrogen-bond acceptors (Lipinski definition) is 3. The molecule has 0 bridgehead atoms. The molecule has 1 aliphatic carbocycles. The maximum absolute atomic E-state index is 12.7. The van der Waals surface area contributed by atoms with E-state index in [-0.39, 0.29) is 18.0 Å². The van der Waals surface area contributed by atoms with Gasteiger partial charge in [-0.15, -0.1) is 0 Å². The van der Waals surface area contributed by atoms with Crippen molar-refractivity contribution >= 4 is 23.6 Å². The van der Waals surface area contributed by atoms with Crippen molar-refractivity contribution in [2.75, 3.05) is 0 Å². The molecular formula is C18H26ClN3O3. The third kappa shape index (κ3) is 4.06. The predicted molar refractivity (Wildman–Crippen MR) is 96.8 cm³/mol. The molecule has 1 heterocycles. The standard InChI is InChI=1S/C18H26ClN3O3/c1-17(2,3)22(16(24)25)12-9-11(10-12)21-15(23)18(4,5)13-7-6-8-20-14(13)19/h6-8,11-12H,9-10H2,1-5H3,(H,21,23)(H,24,25). The van der Waals surface area contributed by atoms with Gasteiger partial charge in [-0.3, -0.25) is 4.79 Å². The zero-order valence-electron chi connectivity index (χ0n) is 15.3. The van der Waals surface area contributed by atoms with Crippen LogP contribution >= 0.6 is 11.6 Å². The maximum atomic E-state index is 12.7. The van der Waals surface area contributed by atoms with Crippen molar-refractivity contribution in [2.24, 2.45) is 0 Å². The summed E-state index contributed by atoms with van der Waals surface area (Å²) in [5.74, 6) is -0.136. The van der Waals surface area contributed by atoms with Crippen LogP contribution in [0.2, 0.25) is 5.15 Å². The second-order valence-corrected chi connectivity index (χ2v) is 8.44. The van der Waals surface area contributed by atoms with Crippen LogP contribution in [-0.2, 0) is 10.2 Å². The quantitative estimate of drug-likeness (QED) is 0.798. The minimum absolute atomic E-state index is 0.0311. The van der Waals surface area contributed by atoms with Crippen LogP contribution in [0, 0.1) is 0 Å². The van der Waals surface area contributed by atoms with Gasteiger partial charge in [-0.2, -0.15) is 0 Å². The van der Waals surface area contributed by atoms with Gasteiger partial charge < -0.3 is 15.3 Å². The Morgan fingerprint density at radius 3 is 2.36 bits per heavy atom. The van der Waals surface area contributed by atoms with Gasteiger partial charge >= 0.3 is 6.09 Å². The number of hydrogen-bond donors (Lipinski definition) is 2. The van der Waals surface area contributed by atoms with E-state index in [9.17, 15) is 14.7 Å². The SMILES string of the molecule is CC(C)(C(=O)NC1CC(N(C(=O)O)C(C)(C)C)C1)c1cccnc1Cl. The largest absolute Gasteiger partial charge is 0.465 e. The second kappa shape index (κ2) is 6.83. The number of carbonyl (C=O) groups is 2. The molecule has 1 aliphatic rings. The fourth-order valence-electron chi connectivity index (χ4n) is 3.25. The van der Waals surface area contributed by atoms with Crippen molar-refractivity contribution in [2.45, 2.75) is 70.5 Å². The lowest BCUT2D eigenvalue weighted by molar-refractivity contribution is -0.127. The van der Waals surface area contributed by atoms with Crippen LogP contribution in [0.25, 0.3) is 0 Å². The lowest BCUT2D eigenvalue weighted by atomic mass is 9.80. The molecule has 0 radical (unpaired) electrons. The highest BCUT2D eigenvalue weighted by Crippen LogP contribution is 2.33. The lowest BCUT2D eigenvalue weighted by Crippen LogP contribution is -2.61. The third-order valence-corrected chi connectivity index (χ3v) is 5.04. The molecule has 0 unspecified atom stereocenters. The molecule has 0 spiro atoms. The van der Waals surface area contributed by atoms with E-state index in [0.29, 0.717) is 23.6 Å². The van der Waals surface area contributed by atoms with Crippen molar-refractivity contribution in [1.29, 1.82) is 0 Å². The minimum atomic E-state index is -0.926. The van der Waals surface area contributed by atoms with Crippen LogP contribution in [-0.4, -0.2) is 44.6 Å². The zero-order chi connectivity index (χ0) is 19.0. The Labute approximate surface area is 153 Å². The summed E-state index contributed by atoms with van der Waals surface area (Å²) in [5, 5.41) is 12.8. The van der Waals surface area contributed by atoms with E-state index in [0.717, 1.165) is 0 Å². The Kier molecular flexibility index (Phi) is 5.33. The molecule has 2 rings (SSSR count). The molecule has 138 valence electrons. The molecule has 6 nitrogen and oxygen atoms in total. The van der Waals surface area contributed by atoms with Crippen LogP contribution in [0.5, 0.6) is 0 Å². The van der Waals surface area contributed by atoms with E-state index >= 15 is 0 Å². The number of carbonyl (C=O) groups excluding carboxylic acids is 1. The first-order chi connectivity index (χ1) is 11.4. The summed E-state index contributed by atoms with van der Waals surface area (Å²) in [6.07, 6.45) is 1.89. The first-order valence-electron chi connectivity index (χ1n) is 8.39. The molecule has 2 amide bonds. The van der Waals surface area contributed by atoms with Gasteiger partial charge in [-0.05, 0) is 53.5 Å². The summed E-state index contributed by atoms with van der Waals surface area (Å²) in [6, 6.07) is 3.44. The van der Waals surface area contributed by atoms with Crippen LogP contribution in [0.3, 0.4) is 0 Å². The molecule has 0 aliphatic heterocycles.